The van der Waals surface area contributed by atoms with Crippen LogP contribution in [0.1, 0.15) is 30.6 Å². The van der Waals surface area contributed by atoms with Gasteiger partial charge < -0.3 is 19.5 Å². The maximum atomic E-state index is 12.8. The Labute approximate surface area is 168 Å². The van der Waals surface area contributed by atoms with Crippen molar-refractivity contribution in [3.05, 3.63) is 57.8 Å². The SMILES string of the molecule is CCOC(=O)CCNC(=O)N1CCn2cccc2[C@H]1c1ccc(Cl)cc1Cl. The minimum Gasteiger partial charge on any atom is -0.466 e. The van der Waals surface area contributed by atoms with Crippen molar-refractivity contribution in [2.24, 2.45) is 0 Å². The summed E-state index contributed by atoms with van der Waals surface area (Å²) in [6.45, 7) is 3.51. The zero-order valence-corrected chi connectivity index (χ0v) is 16.5. The maximum Gasteiger partial charge on any atom is 0.318 e. The van der Waals surface area contributed by atoms with Crippen LogP contribution in [-0.4, -0.2) is 41.2 Å². The number of esters is 1. The number of hydrogen-bond donors (Lipinski definition) is 1. The minimum absolute atomic E-state index is 0.135. The van der Waals surface area contributed by atoms with Crippen LogP contribution in [0.2, 0.25) is 10.0 Å². The highest BCUT2D eigenvalue weighted by Crippen LogP contribution is 2.37. The van der Waals surface area contributed by atoms with Crippen LogP contribution in [0.15, 0.2) is 36.5 Å². The van der Waals surface area contributed by atoms with Gasteiger partial charge >= 0.3 is 12.0 Å². The van der Waals surface area contributed by atoms with E-state index in [9.17, 15) is 9.59 Å². The van der Waals surface area contributed by atoms with E-state index in [1.807, 2.05) is 24.4 Å². The summed E-state index contributed by atoms with van der Waals surface area (Å²) >= 11 is 12.5. The van der Waals surface area contributed by atoms with Crippen molar-refractivity contribution in [2.45, 2.75) is 25.9 Å². The highest BCUT2D eigenvalue weighted by molar-refractivity contribution is 6.35. The van der Waals surface area contributed by atoms with Crippen LogP contribution in [0.25, 0.3) is 0 Å². The first-order chi connectivity index (χ1) is 13.0. The smallest absolute Gasteiger partial charge is 0.318 e. The third kappa shape index (κ3) is 4.39. The van der Waals surface area contributed by atoms with Gasteiger partial charge in [-0.1, -0.05) is 29.3 Å². The number of urea groups is 1. The zero-order valence-electron chi connectivity index (χ0n) is 15.0. The van der Waals surface area contributed by atoms with Crippen LogP contribution in [-0.2, 0) is 16.1 Å². The van der Waals surface area contributed by atoms with Crippen molar-refractivity contribution in [1.29, 1.82) is 0 Å². The molecule has 1 N–H and O–H groups in total. The molecule has 1 atom stereocenters. The molecule has 0 spiro atoms. The standard InChI is InChI=1S/C19H21Cl2N3O3/c1-2-27-17(25)7-8-22-19(26)24-11-10-23-9-3-4-16(23)18(24)14-6-5-13(20)12-15(14)21/h3-6,9,12,18H,2,7-8,10-11H2,1H3,(H,22,26)/t18-/m1/s1. The summed E-state index contributed by atoms with van der Waals surface area (Å²) in [6.07, 6.45) is 2.12. The molecule has 0 saturated carbocycles. The normalized spacial score (nSPS) is 16.0. The molecule has 0 fully saturated rings. The molecule has 0 bridgehead atoms. The Bertz CT molecular complexity index is 837. The first kappa shape index (κ1) is 19.6. The first-order valence-electron chi connectivity index (χ1n) is 8.81. The van der Waals surface area contributed by atoms with Crippen LogP contribution < -0.4 is 5.32 Å². The predicted molar refractivity (Wildman–Crippen MR) is 104 cm³/mol. The quantitative estimate of drug-likeness (QED) is 0.762. The molecule has 2 amide bonds. The summed E-state index contributed by atoms with van der Waals surface area (Å²) in [5.41, 5.74) is 1.78. The fourth-order valence-corrected chi connectivity index (χ4v) is 3.77. The van der Waals surface area contributed by atoms with E-state index in [-0.39, 0.29) is 31.0 Å². The van der Waals surface area contributed by atoms with E-state index in [1.54, 1.807) is 24.0 Å². The van der Waals surface area contributed by atoms with E-state index < -0.39 is 0 Å². The molecule has 2 heterocycles. The lowest BCUT2D eigenvalue weighted by Gasteiger charge is -2.37. The number of fused-ring (bicyclic) bond motifs is 1. The topological polar surface area (TPSA) is 63.6 Å². The predicted octanol–water partition coefficient (Wildman–Crippen LogP) is 3.86. The highest BCUT2D eigenvalue weighted by Gasteiger charge is 2.33. The van der Waals surface area contributed by atoms with Crippen molar-refractivity contribution in [3.8, 4) is 0 Å². The monoisotopic (exact) mass is 409 g/mol. The van der Waals surface area contributed by atoms with Gasteiger partial charge in [-0.25, -0.2) is 4.79 Å². The number of rotatable bonds is 5. The number of carbonyl (C=O) groups excluding carboxylic acids is 2. The number of nitrogens with zero attached hydrogens (tertiary/aromatic N) is 2. The summed E-state index contributed by atoms with van der Waals surface area (Å²) in [5.74, 6) is -0.331. The van der Waals surface area contributed by atoms with Crippen LogP contribution in [0.3, 0.4) is 0 Å². The fraction of sp³-hybridized carbons (Fsp3) is 0.368. The Morgan fingerprint density at radius 3 is 2.81 bits per heavy atom. The second-order valence-corrected chi connectivity index (χ2v) is 7.02. The largest absolute Gasteiger partial charge is 0.466 e. The van der Waals surface area contributed by atoms with E-state index in [4.69, 9.17) is 27.9 Å². The molecule has 0 unspecified atom stereocenters. The maximum absolute atomic E-state index is 12.8. The van der Waals surface area contributed by atoms with Gasteiger partial charge in [-0.15, -0.1) is 0 Å². The van der Waals surface area contributed by atoms with E-state index in [1.165, 1.54) is 0 Å². The molecule has 1 aromatic carbocycles. The highest BCUT2D eigenvalue weighted by atomic mass is 35.5. The summed E-state index contributed by atoms with van der Waals surface area (Å²) in [5, 5.41) is 3.85. The van der Waals surface area contributed by atoms with Crippen molar-refractivity contribution in [2.75, 3.05) is 19.7 Å². The molecular weight excluding hydrogens is 389 g/mol. The summed E-state index contributed by atoms with van der Waals surface area (Å²) < 4.78 is 6.99. The number of halogens is 2. The fourth-order valence-electron chi connectivity index (χ4n) is 3.26. The Hall–Kier alpha value is -2.18. The van der Waals surface area contributed by atoms with E-state index in [0.717, 1.165) is 11.3 Å². The average molecular weight is 410 g/mol. The summed E-state index contributed by atoms with van der Waals surface area (Å²) in [7, 11) is 0. The lowest BCUT2D eigenvalue weighted by molar-refractivity contribution is -0.142. The Kier molecular flexibility index (Phi) is 6.29. The van der Waals surface area contributed by atoms with Crippen LogP contribution in [0, 0.1) is 0 Å². The van der Waals surface area contributed by atoms with Gasteiger partial charge in [0.25, 0.3) is 0 Å². The Morgan fingerprint density at radius 1 is 1.26 bits per heavy atom. The molecule has 1 aromatic heterocycles. The molecule has 8 heteroatoms. The molecule has 27 heavy (non-hydrogen) atoms. The Balaban J connectivity index is 1.81. The average Bonchev–Trinajstić information content (AvgIpc) is 3.10. The molecule has 0 saturated heterocycles. The van der Waals surface area contributed by atoms with Crippen molar-refractivity contribution < 1.29 is 14.3 Å². The van der Waals surface area contributed by atoms with Gasteiger partial charge in [-0.2, -0.15) is 0 Å². The lowest BCUT2D eigenvalue weighted by atomic mass is 10.00. The third-order valence-electron chi connectivity index (χ3n) is 4.47. The van der Waals surface area contributed by atoms with E-state index in [2.05, 4.69) is 9.88 Å². The number of carbonyl (C=O) groups is 2. The van der Waals surface area contributed by atoms with Crippen molar-refractivity contribution in [1.82, 2.24) is 14.8 Å². The van der Waals surface area contributed by atoms with Gasteiger partial charge in [0.15, 0.2) is 0 Å². The molecule has 0 radical (unpaired) electrons. The molecule has 1 aliphatic heterocycles. The lowest BCUT2D eigenvalue weighted by Crippen LogP contribution is -2.47. The number of amides is 2. The van der Waals surface area contributed by atoms with Crippen molar-refractivity contribution in [3.63, 3.8) is 0 Å². The number of hydrogen-bond acceptors (Lipinski definition) is 3. The number of benzene rings is 1. The molecule has 2 aromatic rings. The number of aromatic nitrogens is 1. The second kappa shape index (κ2) is 8.67. The number of nitrogens with one attached hydrogen (secondary N) is 1. The third-order valence-corrected chi connectivity index (χ3v) is 5.03. The van der Waals surface area contributed by atoms with Crippen LogP contribution in [0.4, 0.5) is 4.79 Å². The van der Waals surface area contributed by atoms with Gasteiger partial charge in [0, 0.05) is 41.6 Å². The molecular formula is C19H21Cl2N3O3. The van der Waals surface area contributed by atoms with Gasteiger partial charge in [0.2, 0.25) is 0 Å². The minimum atomic E-state index is -0.332. The Morgan fingerprint density at radius 2 is 2.07 bits per heavy atom. The van der Waals surface area contributed by atoms with Gasteiger partial charge in [0.1, 0.15) is 6.04 Å². The summed E-state index contributed by atoms with van der Waals surface area (Å²) in [4.78, 5) is 26.0. The van der Waals surface area contributed by atoms with Gasteiger partial charge in [0.05, 0.1) is 13.0 Å². The van der Waals surface area contributed by atoms with E-state index >= 15 is 0 Å². The molecule has 1 aliphatic rings. The number of ether oxygens (including phenoxy) is 1. The van der Waals surface area contributed by atoms with Crippen molar-refractivity contribution >= 4 is 35.2 Å². The van der Waals surface area contributed by atoms with E-state index in [0.29, 0.717) is 29.7 Å². The second-order valence-electron chi connectivity index (χ2n) is 6.18. The van der Waals surface area contributed by atoms with Gasteiger partial charge in [-0.05, 0) is 36.8 Å². The van der Waals surface area contributed by atoms with Crippen LogP contribution >= 0.6 is 23.2 Å². The molecule has 6 nitrogen and oxygen atoms in total. The zero-order chi connectivity index (χ0) is 19.4. The molecule has 144 valence electrons. The summed E-state index contributed by atoms with van der Waals surface area (Å²) in [6, 6.07) is 8.64. The first-order valence-corrected chi connectivity index (χ1v) is 9.57. The van der Waals surface area contributed by atoms with Gasteiger partial charge in [-0.3, -0.25) is 4.79 Å². The molecule has 3 rings (SSSR count). The van der Waals surface area contributed by atoms with Crippen LogP contribution in [0.5, 0.6) is 0 Å². The molecule has 0 aliphatic carbocycles.